The van der Waals surface area contributed by atoms with Crippen molar-refractivity contribution in [1.29, 1.82) is 0 Å². The van der Waals surface area contributed by atoms with E-state index in [-0.39, 0.29) is 6.61 Å². The highest BCUT2D eigenvalue weighted by atomic mass is 16.7. The van der Waals surface area contributed by atoms with Gasteiger partial charge in [0.1, 0.15) is 6.61 Å². The number of nitro groups is 1. The van der Waals surface area contributed by atoms with Gasteiger partial charge in [-0.25, -0.2) is 0 Å². The topological polar surface area (TPSA) is 72.6 Å². The highest BCUT2D eigenvalue weighted by Crippen LogP contribution is 1.89. The molecule has 0 amide bonds. The average Bonchev–Trinajstić information content (AvgIpc) is 1.82. The van der Waals surface area contributed by atoms with Crippen LogP contribution in [0, 0.1) is 10.1 Å². The van der Waals surface area contributed by atoms with Crippen LogP contribution >= 0.6 is 0 Å². The first-order valence-electron chi connectivity index (χ1n) is 2.58. The lowest BCUT2D eigenvalue weighted by molar-refractivity contribution is -0.578. The number of aliphatic hydroxyl groups is 1. The summed E-state index contributed by atoms with van der Waals surface area (Å²) in [7, 11) is 0. The second kappa shape index (κ2) is 4.22. The monoisotopic (exact) mass is 135 g/mol. The van der Waals surface area contributed by atoms with Crippen molar-refractivity contribution in [3.05, 3.63) is 10.1 Å². The molecule has 0 bridgehead atoms. The second-order valence-corrected chi connectivity index (χ2v) is 1.38. The molecule has 0 aromatic carbocycles. The quantitative estimate of drug-likeness (QED) is 0.324. The Morgan fingerprint density at radius 1 is 1.89 bits per heavy atom. The van der Waals surface area contributed by atoms with Crippen LogP contribution in [0.25, 0.3) is 0 Å². The SMILES string of the molecule is CCOC(CO)[N+](=O)[O-]. The normalized spacial score (nSPS) is 13.1. The van der Waals surface area contributed by atoms with Crippen molar-refractivity contribution in [3.63, 3.8) is 0 Å². The molecule has 1 atom stereocenters. The van der Waals surface area contributed by atoms with Crippen molar-refractivity contribution in [2.24, 2.45) is 0 Å². The van der Waals surface area contributed by atoms with Crippen LogP contribution in [-0.4, -0.2) is 29.5 Å². The minimum absolute atomic E-state index is 0.242. The predicted octanol–water partition coefficient (Wildman–Crippen LogP) is -0.382. The minimum Gasteiger partial charge on any atom is -0.386 e. The average molecular weight is 135 g/mol. The van der Waals surface area contributed by atoms with Crippen LogP contribution in [0.15, 0.2) is 0 Å². The molecule has 0 fully saturated rings. The molecule has 54 valence electrons. The summed E-state index contributed by atoms with van der Waals surface area (Å²) in [6.45, 7) is 1.30. The van der Waals surface area contributed by atoms with E-state index in [1.165, 1.54) is 0 Å². The van der Waals surface area contributed by atoms with Crippen molar-refractivity contribution in [3.8, 4) is 0 Å². The first-order valence-corrected chi connectivity index (χ1v) is 2.58. The predicted molar refractivity (Wildman–Crippen MR) is 29.5 cm³/mol. The fourth-order valence-corrected chi connectivity index (χ4v) is 0.373. The molecule has 0 saturated heterocycles. The molecule has 9 heavy (non-hydrogen) atoms. The largest absolute Gasteiger partial charge is 0.386 e. The van der Waals surface area contributed by atoms with Gasteiger partial charge in [0.25, 0.3) is 0 Å². The zero-order valence-electron chi connectivity index (χ0n) is 5.11. The van der Waals surface area contributed by atoms with E-state index in [4.69, 9.17) is 5.11 Å². The summed E-state index contributed by atoms with van der Waals surface area (Å²) in [6, 6.07) is 0. The molecule has 0 aliphatic carbocycles. The van der Waals surface area contributed by atoms with Crippen LogP contribution in [-0.2, 0) is 4.74 Å². The molecule has 0 spiro atoms. The lowest BCUT2D eigenvalue weighted by Crippen LogP contribution is -2.26. The Morgan fingerprint density at radius 3 is 2.56 bits per heavy atom. The molecule has 5 heteroatoms. The number of nitrogens with zero attached hydrogens (tertiary/aromatic N) is 1. The zero-order chi connectivity index (χ0) is 7.28. The van der Waals surface area contributed by atoms with Gasteiger partial charge in [0.2, 0.25) is 0 Å². The van der Waals surface area contributed by atoms with Gasteiger partial charge in [0.05, 0.1) is 11.5 Å². The van der Waals surface area contributed by atoms with Gasteiger partial charge >= 0.3 is 6.23 Å². The third-order valence-corrected chi connectivity index (χ3v) is 0.750. The maximum Gasteiger partial charge on any atom is 0.338 e. The maximum atomic E-state index is 9.84. The number of ether oxygens (including phenoxy) is 1. The molecular formula is C4H9NO4. The maximum absolute atomic E-state index is 9.84. The molecule has 0 radical (unpaired) electrons. The molecule has 1 N–H and O–H groups in total. The van der Waals surface area contributed by atoms with Crippen molar-refractivity contribution >= 4 is 0 Å². The van der Waals surface area contributed by atoms with Crippen LogP contribution in [0.2, 0.25) is 0 Å². The molecule has 0 aromatic heterocycles. The summed E-state index contributed by atoms with van der Waals surface area (Å²) in [6.07, 6.45) is -1.25. The summed E-state index contributed by atoms with van der Waals surface area (Å²) in [5.41, 5.74) is 0. The molecule has 0 aliphatic heterocycles. The standard InChI is InChI=1S/C4H9NO4/c1-2-9-4(3-6)5(7)8/h4,6H,2-3H2,1H3. The fraction of sp³-hybridized carbons (Fsp3) is 1.00. The molecule has 5 nitrogen and oxygen atoms in total. The van der Waals surface area contributed by atoms with E-state index in [2.05, 4.69) is 4.74 Å². The summed E-state index contributed by atoms with van der Waals surface area (Å²) in [5, 5.41) is 18.1. The number of rotatable bonds is 4. The third-order valence-electron chi connectivity index (χ3n) is 0.750. The summed E-state index contributed by atoms with van der Waals surface area (Å²) >= 11 is 0. The highest BCUT2D eigenvalue weighted by molar-refractivity contribution is 4.34. The van der Waals surface area contributed by atoms with E-state index in [0.717, 1.165) is 0 Å². The van der Waals surface area contributed by atoms with Crippen LogP contribution < -0.4 is 0 Å². The van der Waals surface area contributed by atoms with Crippen LogP contribution in [0.1, 0.15) is 6.92 Å². The summed E-state index contributed by atoms with van der Waals surface area (Å²) in [5.74, 6) is 0. The van der Waals surface area contributed by atoms with Crippen LogP contribution in [0.4, 0.5) is 0 Å². The Bertz CT molecular complexity index is 94.6. The Kier molecular flexibility index (Phi) is 3.90. The minimum atomic E-state index is -1.25. The first-order chi connectivity index (χ1) is 4.22. The fourth-order valence-electron chi connectivity index (χ4n) is 0.373. The van der Waals surface area contributed by atoms with E-state index in [1.54, 1.807) is 6.92 Å². The molecule has 1 unspecified atom stereocenters. The van der Waals surface area contributed by atoms with Gasteiger partial charge in [0, 0.05) is 0 Å². The Labute approximate surface area is 52.4 Å². The van der Waals surface area contributed by atoms with Gasteiger partial charge in [-0.05, 0) is 6.92 Å². The van der Waals surface area contributed by atoms with Gasteiger partial charge in [-0.15, -0.1) is 0 Å². The van der Waals surface area contributed by atoms with Crippen molar-refractivity contribution in [2.45, 2.75) is 13.2 Å². The van der Waals surface area contributed by atoms with E-state index in [0.29, 0.717) is 0 Å². The van der Waals surface area contributed by atoms with Crippen molar-refractivity contribution in [1.82, 2.24) is 0 Å². The summed E-state index contributed by atoms with van der Waals surface area (Å²) in [4.78, 5) is 9.18. The Hall–Kier alpha value is -0.680. The van der Waals surface area contributed by atoms with E-state index >= 15 is 0 Å². The third kappa shape index (κ3) is 2.99. The summed E-state index contributed by atoms with van der Waals surface area (Å²) < 4.78 is 4.50. The van der Waals surface area contributed by atoms with Crippen molar-refractivity contribution in [2.75, 3.05) is 13.2 Å². The van der Waals surface area contributed by atoms with Crippen molar-refractivity contribution < 1.29 is 14.8 Å². The van der Waals surface area contributed by atoms with Gasteiger partial charge < -0.3 is 9.84 Å². The Morgan fingerprint density at radius 2 is 2.44 bits per heavy atom. The Balaban J connectivity index is 3.54. The van der Waals surface area contributed by atoms with Crippen LogP contribution in [0.5, 0.6) is 0 Å². The van der Waals surface area contributed by atoms with E-state index < -0.39 is 17.8 Å². The van der Waals surface area contributed by atoms with E-state index in [1.807, 2.05) is 0 Å². The lowest BCUT2D eigenvalue weighted by Gasteiger charge is -2.03. The lowest BCUT2D eigenvalue weighted by atomic mass is 10.6. The second-order valence-electron chi connectivity index (χ2n) is 1.38. The molecule has 0 rings (SSSR count). The smallest absolute Gasteiger partial charge is 0.338 e. The highest BCUT2D eigenvalue weighted by Gasteiger charge is 2.16. The van der Waals surface area contributed by atoms with Gasteiger partial charge in [-0.2, -0.15) is 0 Å². The molecule has 0 heterocycles. The van der Waals surface area contributed by atoms with Crippen LogP contribution in [0.3, 0.4) is 0 Å². The van der Waals surface area contributed by atoms with Gasteiger partial charge in [-0.3, -0.25) is 10.1 Å². The molecule has 0 saturated carbocycles. The van der Waals surface area contributed by atoms with Gasteiger partial charge in [0.15, 0.2) is 0 Å². The van der Waals surface area contributed by atoms with E-state index in [9.17, 15) is 10.1 Å². The van der Waals surface area contributed by atoms with Gasteiger partial charge in [-0.1, -0.05) is 0 Å². The first kappa shape index (κ1) is 8.32. The molecule has 0 aromatic rings. The number of hydrogen-bond donors (Lipinski definition) is 1. The molecule has 0 aliphatic rings. The number of hydrogen-bond acceptors (Lipinski definition) is 4. The number of aliphatic hydroxyl groups excluding tert-OH is 1. The molecular weight excluding hydrogens is 126 g/mol. The zero-order valence-corrected chi connectivity index (χ0v) is 5.11.